The fourth-order valence-corrected chi connectivity index (χ4v) is 1.43. The van der Waals surface area contributed by atoms with Crippen molar-refractivity contribution in [1.29, 1.82) is 0 Å². The largest absolute Gasteiger partial charge is 0.481 e. The van der Waals surface area contributed by atoms with Gasteiger partial charge in [0.05, 0.1) is 0 Å². The Hall–Kier alpha value is -1.98. The van der Waals surface area contributed by atoms with Crippen molar-refractivity contribution >= 4 is 11.6 Å². The van der Waals surface area contributed by atoms with Crippen LogP contribution in [0.15, 0.2) is 18.2 Å². The number of fused-ring (bicyclic) bond motifs is 1. The fourth-order valence-electron chi connectivity index (χ4n) is 1.43. The van der Waals surface area contributed by atoms with Crippen LogP contribution in [0.2, 0.25) is 0 Å². The lowest BCUT2D eigenvalue weighted by Crippen LogP contribution is -2.01. The van der Waals surface area contributed by atoms with Crippen molar-refractivity contribution in [2.75, 3.05) is 0 Å². The Morgan fingerprint density at radius 1 is 1.47 bits per heavy atom. The molecule has 6 nitrogen and oxygen atoms in total. The van der Waals surface area contributed by atoms with E-state index in [9.17, 15) is 4.79 Å². The van der Waals surface area contributed by atoms with Crippen LogP contribution in [-0.4, -0.2) is 31.1 Å². The molecule has 0 unspecified atom stereocenters. The average Bonchev–Trinajstić information content (AvgIpc) is 2.65. The van der Waals surface area contributed by atoms with Crippen LogP contribution < -0.4 is 0 Å². The zero-order chi connectivity index (χ0) is 10.7. The van der Waals surface area contributed by atoms with Gasteiger partial charge in [-0.1, -0.05) is 6.07 Å². The molecule has 0 aliphatic carbocycles. The summed E-state index contributed by atoms with van der Waals surface area (Å²) in [7, 11) is 0. The number of aliphatic carboxylic acids is 1. The van der Waals surface area contributed by atoms with Crippen molar-refractivity contribution in [2.45, 2.75) is 19.3 Å². The van der Waals surface area contributed by atoms with Gasteiger partial charge in [-0.15, -0.1) is 5.10 Å². The van der Waals surface area contributed by atoms with E-state index in [1.54, 1.807) is 10.6 Å². The molecule has 0 saturated carbocycles. The highest BCUT2D eigenvalue weighted by atomic mass is 16.4. The number of nitrogens with zero attached hydrogens (tertiary/aromatic N) is 4. The van der Waals surface area contributed by atoms with E-state index in [0.29, 0.717) is 18.5 Å². The molecule has 2 aromatic heterocycles. The van der Waals surface area contributed by atoms with Crippen molar-refractivity contribution < 1.29 is 9.90 Å². The molecule has 6 heteroatoms. The summed E-state index contributed by atoms with van der Waals surface area (Å²) in [6.45, 7) is 0. The SMILES string of the molecule is O=C(O)CCCc1cccc2nnnn12. The average molecular weight is 206 g/mol. The van der Waals surface area contributed by atoms with Crippen molar-refractivity contribution in [2.24, 2.45) is 0 Å². The maximum Gasteiger partial charge on any atom is 0.303 e. The minimum Gasteiger partial charge on any atom is -0.481 e. The molecular weight excluding hydrogens is 196 g/mol. The molecule has 0 spiro atoms. The summed E-state index contributed by atoms with van der Waals surface area (Å²) in [5.41, 5.74) is 1.61. The maximum absolute atomic E-state index is 10.4. The molecule has 0 saturated heterocycles. The molecule has 1 N–H and O–H groups in total. The smallest absolute Gasteiger partial charge is 0.303 e. The molecule has 15 heavy (non-hydrogen) atoms. The molecule has 0 amide bonds. The Morgan fingerprint density at radius 3 is 3.13 bits per heavy atom. The Balaban J connectivity index is 2.13. The van der Waals surface area contributed by atoms with Gasteiger partial charge in [-0.2, -0.15) is 4.52 Å². The third-order valence-electron chi connectivity index (χ3n) is 2.12. The highest BCUT2D eigenvalue weighted by Crippen LogP contribution is 2.06. The summed E-state index contributed by atoms with van der Waals surface area (Å²) in [4.78, 5) is 10.4. The van der Waals surface area contributed by atoms with E-state index in [-0.39, 0.29) is 6.42 Å². The van der Waals surface area contributed by atoms with Crippen LogP contribution in [0.25, 0.3) is 5.65 Å². The van der Waals surface area contributed by atoms with Crippen molar-refractivity contribution in [3.8, 4) is 0 Å². The minimum atomic E-state index is -0.779. The number of carboxylic acid groups (broad SMARTS) is 1. The molecule has 0 aliphatic rings. The number of pyridine rings is 1. The highest BCUT2D eigenvalue weighted by molar-refractivity contribution is 5.66. The van der Waals surface area contributed by atoms with E-state index in [4.69, 9.17) is 5.11 Å². The molecule has 0 fully saturated rings. The molecule has 0 atom stereocenters. The third-order valence-corrected chi connectivity index (χ3v) is 2.12. The number of carbonyl (C=O) groups is 1. The zero-order valence-corrected chi connectivity index (χ0v) is 8.00. The second-order valence-corrected chi connectivity index (χ2v) is 3.21. The molecule has 2 aromatic rings. The predicted molar refractivity (Wildman–Crippen MR) is 51.4 cm³/mol. The van der Waals surface area contributed by atoms with Crippen molar-refractivity contribution in [3.63, 3.8) is 0 Å². The van der Waals surface area contributed by atoms with Crippen LogP contribution in [0.1, 0.15) is 18.5 Å². The minimum absolute atomic E-state index is 0.165. The molecule has 2 rings (SSSR count). The molecule has 0 bridgehead atoms. The van der Waals surface area contributed by atoms with Gasteiger partial charge in [-0.25, -0.2) is 0 Å². The van der Waals surface area contributed by atoms with E-state index in [1.165, 1.54) is 0 Å². The van der Waals surface area contributed by atoms with Crippen LogP contribution >= 0.6 is 0 Å². The zero-order valence-electron chi connectivity index (χ0n) is 8.00. The second kappa shape index (κ2) is 4.04. The van der Waals surface area contributed by atoms with Gasteiger partial charge in [-0.3, -0.25) is 4.79 Å². The lowest BCUT2D eigenvalue weighted by atomic mass is 10.2. The molecule has 0 radical (unpaired) electrons. The normalized spacial score (nSPS) is 10.7. The lowest BCUT2D eigenvalue weighted by Gasteiger charge is -2.00. The first kappa shape index (κ1) is 9.57. The van der Waals surface area contributed by atoms with Crippen molar-refractivity contribution in [1.82, 2.24) is 20.0 Å². The van der Waals surface area contributed by atoms with Crippen LogP contribution in [0, 0.1) is 0 Å². The number of aryl methyl sites for hydroxylation is 1. The van der Waals surface area contributed by atoms with Crippen LogP contribution in [0.3, 0.4) is 0 Å². The summed E-state index contributed by atoms with van der Waals surface area (Å²) in [6.07, 6.45) is 1.42. The highest BCUT2D eigenvalue weighted by Gasteiger charge is 2.04. The van der Waals surface area contributed by atoms with Crippen molar-refractivity contribution in [3.05, 3.63) is 23.9 Å². The second-order valence-electron chi connectivity index (χ2n) is 3.21. The standard InChI is InChI=1S/C9H10N4O2/c14-9(15)6-2-4-7-3-1-5-8-10-11-12-13(7)8/h1,3,5H,2,4,6H2,(H,14,15). The van der Waals surface area contributed by atoms with Crippen LogP contribution in [-0.2, 0) is 11.2 Å². The summed E-state index contributed by atoms with van der Waals surface area (Å²) in [5, 5.41) is 19.7. The maximum atomic E-state index is 10.4. The van der Waals surface area contributed by atoms with Crippen LogP contribution in [0.4, 0.5) is 0 Å². The topological polar surface area (TPSA) is 80.4 Å². The van der Waals surface area contributed by atoms with E-state index in [0.717, 1.165) is 5.69 Å². The van der Waals surface area contributed by atoms with Gasteiger partial charge in [0.1, 0.15) is 0 Å². The summed E-state index contributed by atoms with van der Waals surface area (Å²) < 4.78 is 1.63. The number of aromatic nitrogens is 4. The Morgan fingerprint density at radius 2 is 2.33 bits per heavy atom. The quantitative estimate of drug-likeness (QED) is 0.789. The van der Waals surface area contributed by atoms with Gasteiger partial charge in [0.2, 0.25) is 0 Å². The Kier molecular flexibility index (Phi) is 2.57. The monoisotopic (exact) mass is 206 g/mol. The number of carboxylic acids is 1. The van der Waals surface area contributed by atoms with E-state index in [1.807, 2.05) is 12.1 Å². The summed E-state index contributed by atoms with van der Waals surface area (Å²) in [6, 6.07) is 5.56. The number of tetrazole rings is 1. The molecule has 78 valence electrons. The number of rotatable bonds is 4. The third kappa shape index (κ3) is 2.09. The summed E-state index contributed by atoms with van der Waals surface area (Å²) in [5.74, 6) is -0.779. The van der Waals surface area contributed by atoms with Gasteiger partial charge in [0.25, 0.3) is 0 Å². The lowest BCUT2D eigenvalue weighted by molar-refractivity contribution is -0.137. The van der Waals surface area contributed by atoms with Gasteiger partial charge < -0.3 is 5.11 Å². The first-order chi connectivity index (χ1) is 7.27. The molecular formula is C9H10N4O2. The number of hydrogen-bond donors (Lipinski definition) is 1. The van der Waals surface area contributed by atoms with Gasteiger partial charge in [0.15, 0.2) is 5.65 Å². The van der Waals surface area contributed by atoms with Gasteiger partial charge >= 0.3 is 5.97 Å². The first-order valence-electron chi connectivity index (χ1n) is 4.65. The number of hydrogen-bond acceptors (Lipinski definition) is 4. The predicted octanol–water partition coefficient (Wildman–Crippen LogP) is 0.532. The Bertz CT molecular complexity index is 480. The van der Waals surface area contributed by atoms with E-state index < -0.39 is 5.97 Å². The first-order valence-corrected chi connectivity index (χ1v) is 4.65. The molecule has 0 aromatic carbocycles. The molecule has 2 heterocycles. The molecule has 0 aliphatic heterocycles. The van der Waals surface area contributed by atoms with E-state index >= 15 is 0 Å². The van der Waals surface area contributed by atoms with Gasteiger partial charge in [0, 0.05) is 12.1 Å². The Labute approximate surface area is 85.5 Å². The van der Waals surface area contributed by atoms with Gasteiger partial charge in [-0.05, 0) is 35.4 Å². The summed E-state index contributed by atoms with van der Waals surface area (Å²) >= 11 is 0. The fraction of sp³-hybridized carbons (Fsp3) is 0.333. The van der Waals surface area contributed by atoms with E-state index in [2.05, 4.69) is 15.5 Å². The van der Waals surface area contributed by atoms with Crippen LogP contribution in [0.5, 0.6) is 0 Å².